The minimum Gasteiger partial charge on any atom is -0.331 e. The number of benzene rings is 1. The molecule has 0 N–H and O–H groups in total. The highest BCUT2D eigenvalue weighted by atomic mass is 32.1. The Morgan fingerprint density at radius 1 is 1.22 bits per heavy atom. The molecule has 4 nitrogen and oxygen atoms in total. The van der Waals surface area contributed by atoms with Crippen LogP contribution in [0, 0.1) is 0 Å². The van der Waals surface area contributed by atoms with Gasteiger partial charge in [-0.3, -0.25) is 4.79 Å². The molecule has 1 aromatic carbocycles. The van der Waals surface area contributed by atoms with Gasteiger partial charge in [0.25, 0.3) is 5.91 Å². The fourth-order valence-corrected chi connectivity index (χ4v) is 3.29. The highest BCUT2D eigenvalue weighted by Crippen LogP contribution is 2.35. The first kappa shape index (κ1) is 15.9. The number of likely N-dealkylation sites (tertiary alicyclic amines) is 1. The molecule has 1 fully saturated rings. The SMILES string of the molecule is O=C(c1cnns1)N1CCCC[C@@H]1c1ccc(C(F)(F)F)cc1. The molecular weight excluding hydrogens is 327 g/mol. The van der Waals surface area contributed by atoms with Crippen LogP contribution in [0.1, 0.15) is 46.1 Å². The summed E-state index contributed by atoms with van der Waals surface area (Å²) in [6, 6.07) is 4.86. The summed E-state index contributed by atoms with van der Waals surface area (Å²) >= 11 is 1.03. The summed E-state index contributed by atoms with van der Waals surface area (Å²) in [5.74, 6) is -0.162. The van der Waals surface area contributed by atoms with Crippen molar-refractivity contribution in [3.8, 4) is 0 Å². The number of alkyl halides is 3. The van der Waals surface area contributed by atoms with Gasteiger partial charge in [0.2, 0.25) is 0 Å². The maximum absolute atomic E-state index is 12.7. The predicted molar refractivity (Wildman–Crippen MR) is 79.0 cm³/mol. The zero-order chi connectivity index (χ0) is 16.4. The molecule has 0 spiro atoms. The van der Waals surface area contributed by atoms with Crippen molar-refractivity contribution in [1.29, 1.82) is 0 Å². The van der Waals surface area contributed by atoms with E-state index in [1.807, 2.05) is 0 Å². The van der Waals surface area contributed by atoms with E-state index in [2.05, 4.69) is 9.59 Å². The molecule has 1 amide bonds. The summed E-state index contributed by atoms with van der Waals surface area (Å²) in [6.07, 6.45) is -0.366. The molecule has 1 aliphatic rings. The molecular formula is C15H14F3N3OS. The standard InChI is InChI=1S/C15H14F3N3OS/c16-15(17,18)11-6-4-10(5-7-11)12-3-1-2-8-21(12)14(22)13-9-19-20-23-13/h4-7,9,12H,1-3,8H2/t12-/m1/s1. The van der Waals surface area contributed by atoms with E-state index in [1.165, 1.54) is 18.3 Å². The summed E-state index contributed by atoms with van der Waals surface area (Å²) < 4.78 is 41.7. The van der Waals surface area contributed by atoms with Crippen LogP contribution in [0.15, 0.2) is 30.5 Å². The lowest BCUT2D eigenvalue weighted by Gasteiger charge is -2.35. The van der Waals surface area contributed by atoms with Gasteiger partial charge in [0.15, 0.2) is 0 Å². The van der Waals surface area contributed by atoms with Crippen molar-refractivity contribution in [1.82, 2.24) is 14.5 Å². The minimum atomic E-state index is -4.35. The molecule has 1 aliphatic heterocycles. The number of carbonyl (C=O) groups is 1. The van der Waals surface area contributed by atoms with Crippen molar-refractivity contribution < 1.29 is 18.0 Å². The van der Waals surface area contributed by atoms with Crippen LogP contribution in [0.3, 0.4) is 0 Å². The lowest BCUT2D eigenvalue weighted by Crippen LogP contribution is -2.38. The molecule has 122 valence electrons. The van der Waals surface area contributed by atoms with E-state index in [4.69, 9.17) is 0 Å². The van der Waals surface area contributed by atoms with Crippen molar-refractivity contribution in [2.24, 2.45) is 0 Å². The summed E-state index contributed by atoms with van der Waals surface area (Å²) in [5, 5.41) is 3.67. The molecule has 2 aromatic rings. The highest BCUT2D eigenvalue weighted by Gasteiger charge is 2.32. The zero-order valence-corrected chi connectivity index (χ0v) is 12.9. The van der Waals surface area contributed by atoms with Crippen LogP contribution in [0.2, 0.25) is 0 Å². The maximum Gasteiger partial charge on any atom is 0.416 e. The number of hydrogen-bond acceptors (Lipinski definition) is 4. The molecule has 1 atom stereocenters. The third-order valence-electron chi connectivity index (χ3n) is 3.96. The average Bonchev–Trinajstić information content (AvgIpc) is 3.08. The van der Waals surface area contributed by atoms with Crippen LogP contribution in [-0.2, 0) is 6.18 Å². The van der Waals surface area contributed by atoms with Gasteiger partial charge >= 0.3 is 6.18 Å². The van der Waals surface area contributed by atoms with Crippen LogP contribution in [0.5, 0.6) is 0 Å². The molecule has 1 saturated heterocycles. The molecule has 2 heterocycles. The van der Waals surface area contributed by atoms with Crippen molar-refractivity contribution in [3.63, 3.8) is 0 Å². The number of nitrogens with zero attached hydrogens (tertiary/aromatic N) is 3. The van der Waals surface area contributed by atoms with Gasteiger partial charge in [-0.2, -0.15) is 13.2 Å². The Hall–Kier alpha value is -1.96. The van der Waals surface area contributed by atoms with Gasteiger partial charge in [0, 0.05) is 6.54 Å². The van der Waals surface area contributed by atoms with Gasteiger partial charge in [-0.1, -0.05) is 16.6 Å². The van der Waals surface area contributed by atoms with Gasteiger partial charge in [-0.25, -0.2) is 0 Å². The van der Waals surface area contributed by atoms with Gasteiger partial charge in [0.05, 0.1) is 17.8 Å². The topological polar surface area (TPSA) is 46.1 Å². The first-order chi connectivity index (χ1) is 11.0. The second-order valence-corrected chi connectivity index (χ2v) is 6.20. The van der Waals surface area contributed by atoms with E-state index in [0.29, 0.717) is 11.4 Å². The Morgan fingerprint density at radius 2 is 1.96 bits per heavy atom. The Bertz CT molecular complexity index is 670. The quantitative estimate of drug-likeness (QED) is 0.832. The number of rotatable bonds is 2. The Morgan fingerprint density at radius 3 is 2.57 bits per heavy atom. The zero-order valence-electron chi connectivity index (χ0n) is 12.1. The fourth-order valence-electron chi connectivity index (χ4n) is 2.82. The molecule has 0 saturated carbocycles. The fraction of sp³-hybridized carbons (Fsp3) is 0.400. The van der Waals surface area contributed by atoms with E-state index in [1.54, 1.807) is 4.90 Å². The third kappa shape index (κ3) is 3.36. The first-order valence-corrected chi connectivity index (χ1v) is 7.99. The molecule has 3 rings (SSSR count). The monoisotopic (exact) mass is 341 g/mol. The second-order valence-electron chi connectivity index (χ2n) is 5.41. The molecule has 0 unspecified atom stereocenters. The van der Waals surface area contributed by atoms with Gasteiger partial charge < -0.3 is 4.90 Å². The van der Waals surface area contributed by atoms with Crippen LogP contribution < -0.4 is 0 Å². The van der Waals surface area contributed by atoms with Crippen LogP contribution >= 0.6 is 11.5 Å². The normalized spacial score (nSPS) is 18.9. The van der Waals surface area contributed by atoms with Crippen LogP contribution in [0.4, 0.5) is 13.2 Å². The van der Waals surface area contributed by atoms with Gasteiger partial charge in [-0.05, 0) is 48.5 Å². The minimum absolute atomic E-state index is 0.162. The molecule has 0 radical (unpaired) electrons. The number of halogens is 3. The smallest absolute Gasteiger partial charge is 0.331 e. The van der Waals surface area contributed by atoms with Crippen molar-refractivity contribution >= 4 is 17.4 Å². The molecule has 1 aromatic heterocycles. The third-order valence-corrected chi connectivity index (χ3v) is 4.61. The number of amides is 1. The van der Waals surface area contributed by atoms with Crippen molar-refractivity contribution in [2.75, 3.05) is 6.54 Å². The van der Waals surface area contributed by atoms with Crippen LogP contribution in [0.25, 0.3) is 0 Å². The van der Waals surface area contributed by atoms with E-state index >= 15 is 0 Å². The number of hydrogen-bond donors (Lipinski definition) is 0. The van der Waals surface area contributed by atoms with E-state index in [0.717, 1.165) is 48.5 Å². The van der Waals surface area contributed by atoms with E-state index in [-0.39, 0.29) is 11.9 Å². The molecule has 8 heteroatoms. The van der Waals surface area contributed by atoms with Crippen LogP contribution in [-0.4, -0.2) is 26.9 Å². The Kier molecular flexibility index (Phi) is 4.34. The Labute approximate surface area is 135 Å². The summed E-state index contributed by atoms with van der Waals surface area (Å²) in [6.45, 7) is 0.586. The van der Waals surface area contributed by atoms with E-state index in [9.17, 15) is 18.0 Å². The molecule has 0 bridgehead atoms. The average molecular weight is 341 g/mol. The largest absolute Gasteiger partial charge is 0.416 e. The number of piperidine rings is 1. The number of carbonyl (C=O) groups excluding carboxylic acids is 1. The predicted octanol–water partition coefficient (Wildman–Crippen LogP) is 3.92. The summed E-state index contributed by atoms with van der Waals surface area (Å²) in [7, 11) is 0. The number of aromatic nitrogens is 2. The summed E-state index contributed by atoms with van der Waals surface area (Å²) in [5.41, 5.74) is 0.0464. The van der Waals surface area contributed by atoms with Gasteiger partial charge in [-0.15, -0.1) is 5.10 Å². The Balaban J connectivity index is 1.85. The summed E-state index contributed by atoms with van der Waals surface area (Å²) in [4.78, 5) is 14.7. The molecule has 23 heavy (non-hydrogen) atoms. The first-order valence-electron chi connectivity index (χ1n) is 7.22. The van der Waals surface area contributed by atoms with Crippen molar-refractivity contribution in [2.45, 2.75) is 31.5 Å². The maximum atomic E-state index is 12.7. The van der Waals surface area contributed by atoms with E-state index < -0.39 is 11.7 Å². The van der Waals surface area contributed by atoms with Crippen molar-refractivity contribution in [3.05, 3.63) is 46.5 Å². The van der Waals surface area contributed by atoms with Gasteiger partial charge in [0.1, 0.15) is 4.88 Å². The molecule has 0 aliphatic carbocycles. The lowest BCUT2D eigenvalue weighted by molar-refractivity contribution is -0.137. The lowest BCUT2D eigenvalue weighted by atomic mass is 9.94. The second kappa shape index (κ2) is 6.27. The highest BCUT2D eigenvalue weighted by molar-refractivity contribution is 7.07.